The van der Waals surface area contributed by atoms with E-state index in [-0.39, 0.29) is 24.0 Å². The van der Waals surface area contributed by atoms with Gasteiger partial charge in [-0.25, -0.2) is 4.79 Å². The Kier molecular flexibility index (Phi) is 4.74. The zero-order chi connectivity index (χ0) is 13.8. The summed E-state index contributed by atoms with van der Waals surface area (Å²) in [7, 11) is 0. The van der Waals surface area contributed by atoms with E-state index in [0.29, 0.717) is 18.8 Å². The van der Waals surface area contributed by atoms with Gasteiger partial charge in [0.1, 0.15) is 6.04 Å². The average molecular weight is 284 g/mol. The van der Waals surface area contributed by atoms with Crippen LogP contribution in [0.1, 0.15) is 26.7 Å². The highest BCUT2D eigenvalue weighted by Gasteiger charge is 2.30. The third-order valence-electron chi connectivity index (χ3n) is 3.40. The number of hydrogen-bond acceptors (Lipinski definition) is 5. The van der Waals surface area contributed by atoms with Crippen molar-refractivity contribution in [1.29, 1.82) is 0 Å². The molecule has 0 aromatic carbocycles. The molecule has 0 aromatic rings. The van der Waals surface area contributed by atoms with Gasteiger partial charge in [-0.15, -0.1) is 11.8 Å². The van der Waals surface area contributed by atoms with Gasteiger partial charge in [0, 0.05) is 29.8 Å². The molecule has 2 rings (SSSR count). The minimum atomic E-state index is -0.282. The summed E-state index contributed by atoms with van der Waals surface area (Å²) in [4.78, 5) is 26.3. The standard InChI is InChI=1S/C13H20N2O3S/c1-3-18-13(17)10-8-19-11(7-14-10)9(2)15-6-4-5-12(15)16/h7,9-10,14H,3-6,8H2,1-2H3/t9?,10-/m0/s1. The molecule has 1 fully saturated rings. The summed E-state index contributed by atoms with van der Waals surface area (Å²) in [5, 5.41) is 3.08. The predicted molar refractivity (Wildman–Crippen MR) is 74.5 cm³/mol. The molecule has 2 aliphatic heterocycles. The number of rotatable bonds is 4. The molecule has 1 saturated heterocycles. The molecule has 0 radical (unpaired) electrons. The fraction of sp³-hybridized carbons (Fsp3) is 0.692. The lowest BCUT2D eigenvalue weighted by atomic mass is 10.2. The minimum Gasteiger partial charge on any atom is -0.464 e. The Morgan fingerprint density at radius 1 is 1.68 bits per heavy atom. The topological polar surface area (TPSA) is 58.6 Å². The summed E-state index contributed by atoms with van der Waals surface area (Å²) in [6, 6.07) is -0.189. The van der Waals surface area contributed by atoms with E-state index in [4.69, 9.17) is 4.74 Å². The molecular formula is C13H20N2O3S. The van der Waals surface area contributed by atoms with Gasteiger partial charge in [-0.3, -0.25) is 4.79 Å². The van der Waals surface area contributed by atoms with E-state index in [1.165, 1.54) is 0 Å². The van der Waals surface area contributed by atoms with E-state index in [2.05, 4.69) is 5.32 Å². The number of nitrogens with zero attached hydrogens (tertiary/aromatic N) is 1. The lowest BCUT2D eigenvalue weighted by Crippen LogP contribution is -2.42. The highest BCUT2D eigenvalue weighted by atomic mass is 32.2. The predicted octanol–water partition coefficient (Wildman–Crippen LogP) is 1.11. The largest absolute Gasteiger partial charge is 0.464 e. The zero-order valence-corrected chi connectivity index (χ0v) is 12.2. The van der Waals surface area contributed by atoms with E-state index in [1.54, 1.807) is 18.7 Å². The second-order valence-corrected chi connectivity index (χ2v) is 5.79. The van der Waals surface area contributed by atoms with Crippen LogP contribution in [0.15, 0.2) is 11.1 Å². The van der Waals surface area contributed by atoms with Gasteiger partial charge in [-0.2, -0.15) is 0 Å². The van der Waals surface area contributed by atoms with Crippen LogP contribution in [0.2, 0.25) is 0 Å². The van der Waals surface area contributed by atoms with Crippen LogP contribution in [0.3, 0.4) is 0 Å². The molecule has 106 valence electrons. The number of carbonyl (C=O) groups is 2. The second kappa shape index (κ2) is 6.32. The Morgan fingerprint density at radius 2 is 2.47 bits per heavy atom. The molecule has 0 aromatic heterocycles. The van der Waals surface area contributed by atoms with Gasteiger partial charge in [-0.1, -0.05) is 0 Å². The van der Waals surface area contributed by atoms with Gasteiger partial charge >= 0.3 is 5.97 Å². The number of amides is 1. The van der Waals surface area contributed by atoms with Crippen molar-refractivity contribution in [1.82, 2.24) is 10.2 Å². The van der Waals surface area contributed by atoms with Crippen molar-refractivity contribution in [2.24, 2.45) is 0 Å². The third-order valence-corrected chi connectivity index (χ3v) is 4.70. The van der Waals surface area contributed by atoms with Crippen molar-refractivity contribution in [3.8, 4) is 0 Å². The van der Waals surface area contributed by atoms with Crippen molar-refractivity contribution < 1.29 is 14.3 Å². The van der Waals surface area contributed by atoms with Gasteiger partial charge in [0.2, 0.25) is 5.91 Å². The van der Waals surface area contributed by atoms with Crippen molar-refractivity contribution in [2.45, 2.75) is 38.8 Å². The molecule has 1 N–H and O–H groups in total. The summed E-state index contributed by atoms with van der Waals surface area (Å²) in [5.74, 6) is 0.661. The van der Waals surface area contributed by atoms with Crippen LogP contribution in [-0.2, 0) is 14.3 Å². The van der Waals surface area contributed by atoms with Crippen molar-refractivity contribution >= 4 is 23.6 Å². The van der Waals surface area contributed by atoms with Gasteiger partial charge in [0.15, 0.2) is 0 Å². The van der Waals surface area contributed by atoms with Gasteiger partial charge in [0.25, 0.3) is 0 Å². The van der Waals surface area contributed by atoms with E-state index < -0.39 is 0 Å². The minimum absolute atomic E-state index is 0.0932. The molecule has 0 spiro atoms. The number of nitrogens with one attached hydrogen (secondary N) is 1. The van der Waals surface area contributed by atoms with Crippen LogP contribution >= 0.6 is 11.8 Å². The molecule has 2 aliphatic rings. The molecule has 5 nitrogen and oxygen atoms in total. The Bertz CT molecular complexity index is 397. The lowest BCUT2D eigenvalue weighted by molar-refractivity contribution is -0.144. The van der Waals surface area contributed by atoms with Gasteiger partial charge in [0.05, 0.1) is 12.6 Å². The average Bonchev–Trinajstić information content (AvgIpc) is 2.84. The Labute approximate surface area is 117 Å². The number of hydrogen-bond donors (Lipinski definition) is 1. The highest BCUT2D eigenvalue weighted by molar-refractivity contribution is 8.03. The monoisotopic (exact) mass is 284 g/mol. The normalized spacial score (nSPS) is 24.7. The summed E-state index contributed by atoms with van der Waals surface area (Å²) < 4.78 is 4.99. The van der Waals surface area contributed by atoms with Crippen LogP contribution in [0.25, 0.3) is 0 Å². The highest BCUT2D eigenvalue weighted by Crippen LogP contribution is 2.29. The molecule has 0 bridgehead atoms. The number of esters is 1. The molecule has 0 saturated carbocycles. The molecule has 6 heteroatoms. The number of carbonyl (C=O) groups excluding carboxylic acids is 2. The molecule has 0 aliphatic carbocycles. The Hall–Kier alpha value is -1.17. The van der Waals surface area contributed by atoms with E-state index in [9.17, 15) is 9.59 Å². The maximum absolute atomic E-state index is 11.7. The SMILES string of the molecule is CCOC(=O)[C@@H]1CSC(C(C)N2CCCC2=O)=CN1. The maximum Gasteiger partial charge on any atom is 0.329 e. The zero-order valence-electron chi connectivity index (χ0n) is 11.3. The number of ether oxygens (including phenoxy) is 1. The summed E-state index contributed by atoms with van der Waals surface area (Å²) in [6.45, 7) is 5.07. The van der Waals surface area contributed by atoms with Crippen LogP contribution < -0.4 is 5.32 Å². The Morgan fingerprint density at radius 3 is 3.00 bits per heavy atom. The fourth-order valence-electron chi connectivity index (χ4n) is 2.30. The Balaban J connectivity index is 1.93. The maximum atomic E-state index is 11.7. The molecule has 1 amide bonds. The van der Waals surface area contributed by atoms with E-state index in [1.807, 2.05) is 18.0 Å². The van der Waals surface area contributed by atoms with Crippen LogP contribution in [-0.4, -0.2) is 47.8 Å². The summed E-state index contributed by atoms with van der Waals surface area (Å²) in [6.07, 6.45) is 3.45. The molecule has 1 unspecified atom stereocenters. The van der Waals surface area contributed by atoms with Crippen molar-refractivity contribution in [3.63, 3.8) is 0 Å². The molecule has 2 heterocycles. The molecule has 2 atom stereocenters. The quantitative estimate of drug-likeness (QED) is 0.784. The second-order valence-electron chi connectivity index (χ2n) is 4.70. The first-order valence-electron chi connectivity index (χ1n) is 6.68. The number of likely N-dealkylation sites (tertiary alicyclic amines) is 1. The fourth-order valence-corrected chi connectivity index (χ4v) is 3.42. The van der Waals surface area contributed by atoms with Crippen LogP contribution in [0, 0.1) is 0 Å². The summed E-state index contributed by atoms with van der Waals surface area (Å²) in [5.41, 5.74) is 0. The smallest absolute Gasteiger partial charge is 0.329 e. The van der Waals surface area contributed by atoms with Crippen LogP contribution in [0.5, 0.6) is 0 Å². The number of thioether (sulfide) groups is 1. The van der Waals surface area contributed by atoms with E-state index in [0.717, 1.165) is 17.9 Å². The first-order chi connectivity index (χ1) is 9.13. The van der Waals surface area contributed by atoms with E-state index >= 15 is 0 Å². The van der Waals surface area contributed by atoms with Gasteiger partial charge in [-0.05, 0) is 20.3 Å². The summed E-state index contributed by atoms with van der Waals surface area (Å²) >= 11 is 1.63. The van der Waals surface area contributed by atoms with Gasteiger partial charge < -0.3 is 15.0 Å². The van der Waals surface area contributed by atoms with Crippen LogP contribution in [0.4, 0.5) is 0 Å². The third kappa shape index (κ3) is 3.23. The van der Waals surface area contributed by atoms with Crippen molar-refractivity contribution in [2.75, 3.05) is 18.9 Å². The first-order valence-corrected chi connectivity index (χ1v) is 7.67. The molecule has 19 heavy (non-hydrogen) atoms. The lowest BCUT2D eigenvalue weighted by Gasteiger charge is -2.30. The first kappa shape index (κ1) is 14.2. The van der Waals surface area contributed by atoms with Crippen molar-refractivity contribution in [3.05, 3.63) is 11.1 Å². The molecular weight excluding hydrogens is 264 g/mol.